The molecule has 0 aromatic heterocycles. The van der Waals surface area contributed by atoms with Crippen LogP contribution in [0.1, 0.15) is 84.5 Å². The summed E-state index contributed by atoms with van der Waals surface area (Å²) in [6, 6.07) is 0. The second-order valence-corrected chi connectivity index (χ2v) is 7.51. The molecule has 2 saturated carbocycles. The van der Waals surface area contributed by atoms with E-state index >= 15 is 0 Å². The molecule has 0 bridgehead atoms. The van der Waals surface area contributed by atoms with E-state index in [1.165, 1.54) is 70.6 Å². The summed E-state index contributed by atoms with van der Waals surface area (Å²) in [7, 11) is 0. The zero-order chi connectivity index (χ0) is 13.0. The average molecular weight is 251 g/mol. The summed E-state index contributed by atoms with van der Waals surface area (Å²) in [6.45, 7) is 4.72. The highest BCUT2D eigenvalue weighted by molar-refractivity contribution is 4.96. The second-order valence-electron chi connectivity index (χ2n) is 7.51. The molecule has 2 atom stereocenters. The molecular weight excluding hydrogens is 218 g/mol. The highest BCUT2D eigenvalue weighted by atomic mass is 14.8. The van der Waals surface area contributed by atoms with Gasteiger partial charge in [-0.25, -0.2) is 0 Å². The molecule has 106 valence electrons. The van der Waals surface area contributed by atoms with Gasteiger partial charge in [-0.05, 0) is 49.9 Å². The van der Waals surface area contributed by atoms with E-state index in [-0.39, 0.29) is 5.54 Å². The zero-order valence-corrected chi connectivity index (χ0v) is 12.6. The summed E-state index contributed by atoms with van der Waals surface area (Å²) in [5.41, 5.74) is 7.07. The van der Waals surface area contributed by atoms with E-state index in [2.05, 4.69) is 13.8 Å². The van der Waals surface area contributed by atoms with Gasteiger partial charge < -0.3 is 5.73 Å². The Balaban J connectivity index is 1.95. The molecule has 2 fully saturated rings. The van der Waals surface area contributed by atoms with Crippen LogP contribution in [0.25, 0.3) is 0 Å². The highest BCUT2D eigenvalue weighted by Gasteiger charge is 2.39. The van der Waals surface area contributed by atoms with Gasteiger partial charge in [0.25, 0.3) is 0 Å². The predicted octanol–water partition coefficient (Wildman–Crippen LogP) is 4.89. The first-order valence-corrected chi connectivity index (χ1v) is 8.39. The maximum Gasteiger partial charge on any atom is 0.0185 e. The first kappa shape index (κ1) is 14.4. The van der Waals surface area contributed by atoms with Gasteiger partial charge in [0.2, 0.25) is 0 Å². The Bertz CT molecular complexity index is 240. The van der Waals surface area contributed by atoms with Crippen LogP contribution >= 0.6 is 0 Å². The number of hydrogen-bond acceptors (Lipinski definition) is 1. The topological polar surface area (TPSA) is 26.0 Å². The van der Waals surface area contributed by atoms with Crippen LogP contribution in [0.5, 0.6) is 0 Å². The highest BCUT2D eigenvalue weighted by Crippen LogP contribution is 2.42. The molecule has 2 unspecified atom stereocenters. The van der Waals surface area contributed by atoms with Gasteiger partial charge in [0, 0.05) is 5.54 Å². The number of hydrogen-bond donors (Lipinski definition) is 1. The second kappa shape index (κ2) is 6.41. The van der Waals surface area contributed by atoms with Gasteiger partial charge in [-0.1, -0.05) is 52.4 Å². The molecule has 2 aliphatic rings. The molecule has 18 heavy (non-hydrogen) atoms. The molecular formula is C17H33N. The van der Waals surface area contributed by atoms with Crippen LogP contribution in [-0.4, -0.2) is 5.54 Å². The third-order valence-corrected chi connectivity index (χ3v) is 5.40. The van der Waals surface area contributed by atoms with Gasteiger partial charge >= 0.3 is 0 Å². The van der Waals surface area contributed by atoms with Crippen molar-refractivity contribution in [2.75, 3.05) is 0 Å². The minimum absolute atomic E-state index is 0.197. The van der Waals surface area contributed by atoms with Crippen molar-refractivity contribution in [3.63, 3.8) is 0 Å². The summed E-state index contributed by atoms with van der Waals surface area (Å²) in [6.07, 6.45) is 15.4. The van der Waals surface area contributed by atoms with Crippen LogP contribution < -0.4 is 5.73 Å². The Morgan fingerprint density at radius 3 is 2.28 bits per heavy atom. The van der Waals surface area contributed by atoms with Crippen LogP contribution in [0.3, 0.4) is 0 Å². The summed E-state index contributed by atoms with van der Waals surface area (Å²) < 4.78 is 0. The fraction of sp³-hybridized carbons (Fsp3) is 1.00. The van der Waals surface area contributed by atoms with Crippen molar-refractivity contribution in [3.05, 3.63) is 0 Å². The lowest BCUT2D eigenvalue weighted by Crippen LogP contribution is -2.50. The lowest BCUT2D eigenvalue weighted by atomic mass is 9.66. The maximum atomic E-state index is 6.87. The monoisotopic (exact) mass is 251 g/mol. The third-order valence-electron chi connectivity index (χ3n) is 5.40. The number of rotatable bonds is 3. The molecule has 0 aliphatic heterocycles. The van der Waals surface area contributed by atoms with Gasteiger partial charge in [0.05, 0.1) is 0 Å². The zero-order valence-electron chi connectivity index (χ0n) is 12.6. The summed E-state index contributed by atoms with van der Waals surface area (Å²) in [5, 5.41) is 0. The van der Waals surface area contributed by atoms with Crippen molar-refractivity contribution < 1.29 is 0 Å². The van der Waals surface area contributed by atoms with Crippen molar-refractivity contribution in [2.24, 2.45) is 23.5 Å². The van der Waals surface area contributed by atoms with E-state index in [0.717, 1.165) is 17.8 Å². The molecule has 0 spiro atoms. The fourth-order valence-electron chi connectivity index (χ4n) is 4.55. The average Bonchev–Trinajstić information content (AvgIpc) is 2.57. The van der Waals surface area contributed by atoms with E-state index in [1.807, 2.05) is 0 Å². The van der Waals surface area contributed by atoms with Crippen LogP contribution in [0.15, 0.2) is 0 Å². The molecule has 0 saturated heterocycles. The molecule has 0 radical (unpaired) electrons. The Morgan fingerprint density at radius 2 is 1.67 bits per heavy atom. The molecule has 0 aromatic carbocycles. The Labute approximate surface area is 114 Å². The van der Waals surface area contributed by atoms with Crippen LogP contribution in [0.4, 0.5) is 0 Å². The standard InChI is InChI=1S/C17H33N/c1-14(2)12-15-8-7-11-17(18,13-15)16-9-5-3-4-6-10-16/h14-16H,3-13,18H2,1-2H3. The molecule has 1 nitrogen and oxygen atoms in total. The molecule has 0 heterocycles. The fourth-order valence-corrected chi connectivity index (χ4v) is 4.55. The molecule has 2 N–H and O–H groups in total. The predicted molar refractivity (Wildman–Crippen MR) is 79.5 cm³/mol. The van der Waals surface area contributed by atoms with Gasteiger partial charge in [-0.2, -0.15) is 0 Å². The van der Waals surface area contributed by atoms with E-state index < -0.39 is 0 Å². The third kappa shape index (κ3) is 3.73. The van der Waals surface area contributed by atoms with Crippen LogP contribution in [-0.2, 0) is 0 Å². The molecule has 0 amide bonds. The number of nitrogens with two attached hydrogens (primary N) is 1. The normalized spacial score (nSPS) is 35.7. The van der Waals surface area contributed by atoms with Gasteiger partial charge in [0.15, 0.2) is 0 Å². The smallest absolute Gasteiger partial charge is 0.0185 e. The molecule has 2 rings (SSSR count). The SMILES string of the molecule is CC(C)CC1CCCC(N)(C2CCCCCC2)C1. The van der Waals surface area contributed by atoms with E-state index in [9.17, 15) is 0 Å². The maximum absolute atomic E-state index is 6.87. The minimum Gasteiger partial charge on any atom is -0.325 e. The summed E-state index contributed by atoms with van der Waals surface area (Å²) >= 11 is 0. The van der Waals surface area contributed by atoms with Gasteiger partial charge in [0.1, 0.15) is 0 Å². The van der Waals surface area contributed by atoms with Crippen LogP contribution in [0, 0.1) is 17.8 Å². The Morgan fingerprint density at radius 1 is 1.00 bits per heavy atom. The molecule has 0 aromatic rings. The van der Waals surface area contributed by atoms with E-state index in [4.69, 9.17) is 5.73 Å². The van der Waals surface area contributed by atoms with Crippen LogP contribution in [0.2, 0.25) is 0 Å². The van der Waals surface area contributed by atoms with E-state index in [1.54, 1.807) is 0 Å². The first-order chi connectivity index (χ1) is 8.60. The van der Waals surface area contributed by atoms with Gasteiger partial charge in [-0.15, -0.1) is 0 Å². The lowest BCUT2D eigenvalue weighted by molar-refractivity contribution is 0.128. The quantitative estimate of drug-likeness (QED) is 0.710. The Kier molecular flexibility index (Phi) is 5.12. The lowest BCUT2D eigenvalue weighted by Gasteiger charge is -2.44. The molecule has 2 aliphatic carbocycles. The largest absolute Gasteiger partial charge is 0.325 e. The van der Waals surface area contributed by atoms with E-state index in [0.29, 0.717) is 0 Å². The first-order valence-electron chi connectivity index (χ1n) is 8.39. The van der Waals surface area contributed by atoms with Crippen molar-refractivity contribution >= 4 is 0 Å². The van der Waals surface area contributed by atoms with Crippen molar-refractivity contribution in [1.82, 2.24) is 0 Å². The molecule has 1 heteroatoms. The summed E-state index contributed by atoms with van der Waals surface area (Å²) in [5.74, 6) is 2.58. The minimum atomic E-state index is 0.197. The van der Waals surface area contributed by atoms with Crippen molar-refractivity contribution in [3.8, 4) is 0 Å². The van der Waals surface area contributed by atoms with Gasteiger partial charge in [-0.3, -0.25) is 0 Å². The Hall–Kier alpha value is -0.0400. The van der Waals surface area contributed by atoms with Crippen molar-refractivity contribution in [1.29, 1.82) is 0 Å². The van der Waals surface area contributed by atoms with Crippen molar-refractivity contribution in [2.45, 2.75) is 90.0 Å². The summed E-state index contributed by atoms with van der Waals surface area (Å²) in [4.78, 5) is 0.